The first kappa shape index (κ1) is 19.3. The Hall–Kier alpha value is -1.68. The summed E-state index contributed by atoms with van der Waals surface area (Å²) < 4.78 is 2.27. The van der Waals surface area contributed by atoms with Gasteiger partial charge in [-0.05, 0) is 82.1 Å². The molecule has 1 heterocycles. The van der Waals surface area contributed by atoms with Gasteiger partial charge in [0.1, 0.15) is 0 Å². The van der Waals surface area contributed by atoms with E-state index in [1.165, 1.54) is 41.0 Å². The van der Waals surface area contributed by atoms with Crippen LogP contribution >= 0.6 is 11.3 Å². The van der Waals surface area contributed by atoms with Crippen molar-refractivity contribution in [3.63, 3.8) is 0 Å². The third kappa shape index (κ3) is 3.24. The third-order valence-electron chi connectivity index (χ3n) is 7.63. The van der Waals surface area contributed by atoms with Gasteiger partial charge in [-0.25, -0.2) is 0 Å². The van der Waals surface area contributed by atoms with Gasteiger partial charge in [0.05, 0.1) is 11.1 Å². The van der Waals surface area contributed by atoms with Gasteiger partial charge in [0.15, 0.2) is 4.80 Å². The zero-order valence-corrected chi connectivity index (χ0v) is 18.7. The smallest absolute Gasteiger partial charge is 0.254 e. The van der Waals surface area contributed by atoms with E-state index < -0.39 is 0 Å². The van der Waals surface area contributed by atoms with Gasteiger partial charge in [-0.15, -0.1) is 11.3 Å². The Morgan fingerprint density at radius 2 is 1.66 bits per heavy atom. The first-order valence-corrected chi connectivity index (χ1v) is 12.2. The van der Waals surface area contributed by atoms with E-state index in [4.69, 9.17) is 4.99 Å². The summed E-state index contributed by atoms with van der Waals surface area (Å²) >= 11 is 1.72. The number of hydrogen-bond donors (Lipinski definition) is 0. The Balaban J connectivity index is 1.56. The van der Waals surface area contributed by atoms with Gasteiger partial charge in [0, 0.05) is 11.4 Å². The number of benzene rings is 1. The van der Waals surface area contributed by atoms with Crippen LogP contribution in [0.5, 0.6) is 0 Å². The molecule has 4 fully saturated rings. The van der Waals surface area contributed by atoms with Crippen LogP contribution in [0.1, 0.15) is 62.8 Å². The van der Waals surface area contributed by atoms with Crippen LogP contribution in [-0.4, -0.2) is 10.5 Å². The summed E-state index contributed by atoms with van der Waals surface area (Å²) in [7, 11) is 0. The highest BCUT2D eigenvalue weighted by atomic mass is 32.1. The van der Waals surface area contributed by atoms with E-state index >= 15 is 0 Å². The van der Waals surface area contributed by atoms with Gasteiger partial charge < -0.3 is 4.57 Å². The molecule has 4 bridgehead atoms. The molecule has 6 rings (SSSR count). The van der Waals surface area contributed by atoms with E-state index in [-0.39, 0.29) is 11.3 Å². The number of nitrogens with zero attached hydrogens (tertiary/aromatic N) is 2. The van der Waals surface area contributed by atoms with E-state index in [0.29, 0.717) is 0 Å². The summed E-state index contributed by atoms with van der Waals surface area (Å²) in [6, 6.07) is 8.74. The quantitative estimate of drug-likeness (QED) is 0.634. The first-order chi connectivity index (χ1) is 14.0. The number of aryl methyl sites for hydroxylation is 2. The third-order valence-corrected chi connectivity index (χ3v) is 8.85. The maximum atomic E-state index is 13.6. The molecule has 0 atom stereocenters. The molecule has 0 radical (unpaired) electrons. The average molecular weight is 409 g/mol. The van der Waals surface area contributed by atoms with Crippen molar-refractivity contribution in [1.29, 1.82) is 0 Å². The Labute approximate surface area is 177 Å². The van der Waals surface area contributed by atoms with Gasteiger partial charge in [-0.3, -0.25) is 4.79 Å². The summed E-state index contributed by atoms with van der Waals surface area (Å²) in [5, 5.41) is 0. The van der Waals surface area contributed by atoms with Crippen LogP contribution in [-0.2, 0) is 17.8 Å². The number of hydrogen-bond acceptors (Lipinski definition) is 2. The minimum atomic E-state index is -0.152. The standard InChI is InChI=1S/C25H32N2OS/c1-4-21-22(20-8-6-16(3)7-9-20)27(5-2)24(29-21)26-23(28)25-13-17-10-18(14-25)12-19(11-17)15-25/h6-9,17-19H,4-5,10-15H2,1-3H3. The normalized spacial score (nSPS) is 30.9. The first-order valence-electron chi connectivity index (χ1n) is 11.4. The Kier molecular flexibility index (Phi) is 4.81. The SMILES string of the molecule is CCc1sc(=NC(=O)C23CC4CC(CC(C4)C2)C3)n(CC)c1-c1ccc(C)cc1. The van der Waals surface area contributed by atoms with Crippen molar-refractivity contribution < 1.29 is 4.79 Å². The van der Waals surface area contributed by atoms with E-state index in [0.717, 1.165) is 54.8 Å². The predicted octanol–water partition coefficient (Wildman–Crippen LogP) is 5.75. The molecule has 0 spiro atoms. The number of rotatable bonds is 4. The predicted molar refractivity (Wildman–Crippen MR) is 119 cm³/mol. The second kappa shape index (κ2) is 7.23. The molecular weight excluding hydrogens is 376 g/mol. The van der Waals surface area contributed by atoms with E-state index in [2.05, 4.69) is 49.6 Å². The molecule has 4 aliphatic rings. The molecule has 4 aliphatic carbocycles. The van der Waals surface area contributed by atoms with Crippen LogP contribution in [0.15, 0.2) is 29.3 Å². The highest BCUT2D eigenvalue weighted by Gasteiger charge is 2.54. The summed E-state index contributed by atoms with van der Waals surface area (Å²) in [5.41, 5.74) is 3.60. The number of amides is 1. The van der Waals surface area contributed by atoms with Crippen LogP contribution in [0.4, 0.5) is 0 Å². The molecule has 0 saturated heterocycles. The molecule has 1 aromatic carbocycles. The fourth-order valence-electron chi connectivity index (χ4n) is 6.68. The molecule has 0 unspecified atom stereocenters. The molecule has 3 nitrogen and oxygen atoms in total. The van der Waals surface area contributed by atoms with Crippen LogP contribution in [0.3, 0.4) is 0 Å². The van der Waals surface area contributed by atoms with Crippen LogP contribution < -0.4 is 4.80 Å². The van der Waals surface area contributed by atoms with Crippen LogP contribution in [0, 0.1) is 30.1 Å². The molecule has 4 heteroatoms. The fourth-order valence-corrected chi connectivity index (χ4v) is 7.83. The Morgan fingerprint density at radius 1 is 1.07 bits per heavy atom. The van der Waals surface area contributed by atoms with Gasteiger partial charge in [-0.2, -0.15) is 4.99 Å². The summed E-state index contributed by atoms with van der Waals surface area (Å²) in [5.74, 6) is 2.50. The lowest BCUT2D eigenvalue weighted by Crippen LogP contribution is -2.49. The minimum absolute atomic E-state index is 0.152. The van der Waals surface area contributed by atoms with Crippen molar-refractivity contribution in [3.8, 4) is 11.3 Å². The highest BCUT2D eigenvalue weighted by Crippen LogP contribution is 2.60. The Bertz CT molecular complexity index is 960. The second-order valence-corrected chi connectivity index (χ2v) is 10.8. The largest absolute Gasteiger partial charge is 0.316 e. The van der Waals surface area contributed by atoms with Crippen molar-refractivity contribution in [2.45, 2.75) is 72.3 Å². The second-order valence-electron chi connectivity index (χ2n) is 9.74. The van der Waals surface area contributed by atoms with Crippen molar-refractivity contribution in [3.05, 3.63) is 39.5 Å². The number of carbonyl (C=O) groups excluding carboxylic acids is 1. The van der Waals surface area contributed by atoms with Gasteiger partial charge >= 0.3 is 0 Å². The molecule has 1 aromatic heterocycles. The molecule has 154 valence electrons. The molecule has 0 aliphatic heterocycles. The molecule has 29 heavy (non-hydrogen) atoms. The molecule has 4 saturated carbocycles. The summed E-state index contributed by atoms with van der Waals surface area (Å²) in [6.07, 6.45) is 8.31. The fraction of sp³-hybridized carbons (Fsp3) is 0.600. The lowest BCUT2D eigenvalue weighted by molar-refractivity contribution is -0.142. The lowest BCUT2D eigenvalue weighted by Gasteiger charge is -2.55. The molecule has 0 N–H and O–H groups in total. The monoisotopic (exact) mass is 408 g/mol. The van der Waals surface area contributed by atoms with Crippen LogP contribution in [0.2, 0.25) is 0 Å². The van der Waals surface area contributed by atoms with Crippen LogP contribution in [0.25, 0.3) is 11.3 Å². The maximum absolute atomic E-state index is 13.6. The molecule has 2 aromatic rings. The average Bonchev–Trinajstić information content (AvgIpc) is 3.05. The maximum Gasteiger partial charge on any atom is 0.254 e. The van der Waals surface area contributed by atoms with E-state index in [1.807, 2.05) is 0 Å². The van der Waals surface area contributed by atoms with Crippen molar-refractivity contribution >= 4 is 17.2 Å². The topological polar surface area (TPSA) is 34.4 Å². The van der Waals surface area contributed by atoms with E-state index in [1.54, 1.807) is 11.3 Å². The highest BCUT2D eigenvalue weighted by molar-refractivity contribution is 7.09. The Morgan fingerprint density at radius 3 is 2.17 bits per heavy atom. The van der Waals surface area contributed by atoms with Crippen molar-refractivity contribution in [2.24, 2.45) is 28.2 Å². The zero-order valence-electron chi connectivity index (χ0n) is 17.9. The van der Waals surface area contributed by atoms with E-state index in [9.17, 15) is 4.79 Å². The summed E-state index contributed by atoms with van der Waals surface area (Å²) in [4.78, 5) is 20.6. The lowest BCUT2D eigenvalue weighted by atomic mass is 9.49. The van der Waals surface area contributed by atoms with Gasteiger partial charge in [-0.1, -0.05) is 36.8 Å². The van der Waals surface area contributed by atoms with Crippen molar-refractivity contribution in [1.82, 2.24) is 4.57 Å². The zero-order chi connectivity index (χ0) is 20.2. The molecular formula is C25H32N2OS. The van der Waals surface area contributed by atoms with Gasteiger partial charge in [0.2, 0.25) is 0 Å². The number of thiazole rings is 1. The number of carbonyl (C=O) groups is 1. The summed E-state index contributed by atoms with van der Waals surface area (Å²) in [6.45, 7) is 7.33. The van der Waals surface area contributed by atoms with Gasteiger partial charge in [0.25, 0.3) is 5.91 Å². The minimum Gasteiger partial charge on any atom is -0.316 e. The molecule has 1 amide bonds. The van der Waals surface area contributed by atoms with Crippen molar-refractivity contribution in [2.75, 3.05) is 0 Å². The number of aromatic nitrogens is 1.